The van der Waals surface area contributed by atoms with Crippen molar-refractivity contribution in [3.05, 3.63) is 18.5 Å². The van der Waals surface area contributed by atoms with Crippen LogP contribution in [0.1, 0.15) is 6.42 Å². The standard InChI is InChI=1S/C15H22N4O2S/c1-20-11-5-10(7-16-8-11)19-9-12(21-2)6-13-14(19)22-15-17-3-4-18(13)15/h5,7-8,12-15,17H,3-4,6,9H2,1-2H3. The summed E-state index contributed by atoms with van der Waals surface area (Å²) in [7, 11) is 3.50. The van der Waals surface area contributed by atoms with Crippen molar-refractivity contribution < 1.29 is 9.47 Å². The van der Waals surface area contributed by atoms with Crippen LogP contribution in [0.15, 0.2) is 18.5 Å². The SMILES string of the molecule is COc1cncc(N2CC(OC)CC3C2SC2NCCN23)c1. The summed E-state index contributed by atoms with van der Waals surface area (Å²) in [5.41, 5.74) is 1.55. The summed E-state index contributed by atoms with van der Waals surface area (Å²) >= 11 is 2.01. The van der Waals surface area contributed by atoms with Crippen molar-refractivity contribution in [2.24, 2.45) is 0 Å². The second kappa shape index (κ2) is 5.88. The Balaban J connectivity index is 1.65. The van der Waals surface area contributed by atoms with E-state index < -0.39 is 0 Å². The molecule has 0 radical (unpaired) electrons. The minimum Gasteiger partial charge on any atom is -0.495 e. The number of thioether (sulfide) groups is 1. The Bertz CT molecular complexity index is 546. The van der Waals surface area contributed by atoms with E-state index in [4.69, 9.17) is 9.47 Å². The molecule has 120 valence electrons. The Kier molecular flexibility index (Phi) is 3.89. The Morgan fingerprint density at radius 1 is 1.36 bits per heavy atom. The molecule has 7 heteroatoms. The van der Waals surface area contributed by atoms with Crippen LogP contribution < -0.4 is 15.0 Å². The molecule has 0 spiro atoms. The zero-order valence-electron chi connectivity index (χ0n) is 12.9. The molecule has 6 nitrogen and oxygen atoms in total. The summed E-state index contributed by atoms with van der Waals surface area (Å²) in [6, 6.07) is 2.59. The van der Waals surface area contributed by atoms with E-state index in [-0.39, 0.29) is 6.10 Å². The molecule has 4 unspecified atom stereocenters. The van der Waals surface area contributed by atoms with E-state index in [1.807, 2.05) is 25.1 Å². The maximum atomic E-state index is 5.71. The molecule has 4 heterocycles. The predicted octanol–water partition coefficient (Wildman–Crippen LogP) is 0.946. The maximum Gasteiger partial charge on any atom is 0.139 e. The minimum absolute atomic E-state index is 0.257. The van der Waals surface area contributed by atoms with Gasteiger partial charge in [0.1, 0.15) is 11.2 Å². The highest BCUT2D eigenvalue weighted by Gasteiger charge is 2.50. The van der Waals surface area contributed by atoms with Gasteiger partial charge in [-0.05, 0) is 6.42 Å². The van der Waals surface area contributed by atoms with E-state index in [0.29, 0.717) is 16.9 Å². The molecule has 0 aliphatic carbocycles. The number of pyridine rings is 1. The zero-order chi connectivity index (χ0) is 15.1. The van der Waals surface area contributed by atoms with Crippen molar-refractivity contribution in [3.63, 3.8) is 0 Å². The van der Waals surface area contributed by atoms with Crippen molar-refractivity contribution in [1.82, 2.24) is 15.2 Å². The number of methoxy groups -OCH3 is 2. The number of hydrogen-bond acceptors (Lipinski definition) is 7. The van der Waals surface area contributed by atoms with Gasteiger partial charge in [0.05, 0.1) is 36.7 Å². The average molecular weight is 322 g/mol. The molecule has 4 atom stereocenters. The van der Waals surface area contributed by atoms with Gasteiger partial charge in [-0.25, -0.2) is 0 Å². The number of nitrogens with zero attached hydrogens (tertiary/aromatic N) is 3. The molecule has 4 rings (SSSR count). The van der Waals surface area contributed by atoms with E-state index in [2.05, 4.69) is 26.2 Å². The Hall–Kier alpha value is -1.02. The third kappa shape index (κ3) is 2.36. The van der Waals surface area contributed by atoms with Gasteiger partial charge in [0.2, 0.25) is 0 Å². The van der Waals surface area contributed by atoms with E-state index in [9.17, 15) is 0 Å². The van der Waals surface area contributed by atoms with Crippen molar-refractivity contribution >= 4 is 17.4 Å². The third-order valence-electron chi connectivity index (χ3n) is 4.82. The smallest absolute Gasteiger partial charge is 0.139 e. The summed E-state index contributed by atoms with van der Waals surface area (Å²) in [5.74, 6) is 0.801. The molecule has 1 N–H and O–H groups in total. The summed E-state index contributed by atoms with van der Waals surface area (Å²) in [4.78, 5) is 9.34. The lowest BCUT2D eigenvalue weighted by molar-refractivity contribution is 0.0534. The first-order chi connectivity index (χ1) is 10.8. The minimum atomic E-state index is 0.257. The van der Waals surface area contributed by atoms with Crippen LogP contribution in [-0.2, 0) is 4.74 Å². The van der Waals surface area contributed by atoms with E-state index in [0.717, 1.165) is 37.5 Å². The van der Waals surface area contributed by atoms with Gasteiger partial charge in [0, 0.05) is 38.9 Å². The normalized spacial score (nSPS) is 34.5. The molecular formula is C15H22N4O2S. The van der Waals surface area contributed by atoms with Crippen LogP contribution in [0, 0.1) is 0 Å². The molecule has 1 aromatic rings. The van der Waals surface area contributed by atoms with Crippen LogP contribution >= 0.6 is 11.8 Å². The average Bonchev–Trinajstić information content (AvgIpc) is 3.15. The van der Waals surface area contributed by atoms with Crippen LogP contribution in [-0.4, -0.2) is 66.8 Å². The van der Waals surface area contributed by atoms with Gasteiger partial charge < -0.3 is 14.4 Å². The molecule has 3 aliphatic rings. The number of rotatable bonds is 3. The van der Waals surface area contributed by atoms with Gasteiger partial charge in [-0.2, -0.15) is 0 Å². The molecule has 0 aromatic carbocycles. The molecule has 3 aliphatic heterocycles. The fraction of sp³-hybridized carbons (Fsp3) is 0.667. The topological polar surface area (TPSA) is 49.9 Å². The van der Waals surface area contributed by atoms with Crippen LogP contribution in [0.4, 0.5) is 5.69 Å². The summed E-state index contributed by atoms with van der Waals surface area (Å²) in [6.45, 7) is 3.11. The molecule has 22 heavy (non-hydrogen) atoms. The zero-order valence-corrected chi connectivity index (χ0v) is 13.8. The quantitative estimate of drug-likeness (QED) is 0.889. The number of anilines is 1. The Labute approximate surface area is 135 Å². The first-order valence-corrected chi connectivity index (χ1v) is 8.67. The number of hydrogen-bond donors (Lipinski definition) is 1. The Morgan fingerprint density at radius 2 is 2.27 bits per heavy atom. The molecule has 0 amide bonds. The van der Waals surface area contributed by atoms with Gasteiger partial charge in [-0.3, -0.25) is 15.2 Å². The van der Waals surface area contributed by atoms with Gasteiger partial charge in [-0.15, -0.1) is 11.8 Å². The molecule has 1 aromatic heterocycles. The largest absolute Gasteiger partial charge is 0.495 e. The van der Waals surface area contributed by atoms with Gasteiger partial charge in [0.25, 0.3) is 0 Å². The fourth-order valence-electron chi connectivity index (χ4n) is 3.70. The summed E-state index contributed by atoms with van der Waals surface area (Å²) in [6.07, 6.45) is 5.03. The Morgan fingerprint density at radius 3 is 3.09 bits per heavy atom. The highest BCUT2D eigenvalue weighted by Crippen LogP contribution is 2.44. The highest BCUT2D eigenvalue weighted by atomic mass is 32.2. The first-order valence-electron chi connectivity index (χ1n) is 7.73. The van der Waals surface area contributed by atoms with Gasteiger partial charge in [-0.1, -0.05) is 0 Å². The van der Waals surface area contributed by atoms with Crippen molar-refractivity contribution in [2.75, 3.05) is 38.8 Å². The number of fused-ring (bicyclic) bond motifs is 3. The monoisotopic (exact) mass is 322 g/mol. The van der Waals surface area contributed by atoms with E-state index in [1.165, 1.54) is 0 Å². The predicted molar refractivity (Wildman–Crippen MR) is 87.2 cm³/mol. The molecular weight excluding hydrogens is 300 g/mol. The van der Waals surface area contributed by atoms with Crippen LogP contribution in [0.2, 0.25) is 0 Å². The fourth-order valence-corrected chi connectivity index (χ4v) is 5.40. The van der Waals surface area contributed by atoms with Gasteiger partial charge in [0.15, 0.2) is 0 Å². The van der Waals surface area contributed by atoms with Crippen molar-refractivity contribution in [1.29, 1.82) is 0 Å². The lowest BCUT2D eigenvalue weighted by Gasteiger charge is -2.43. The van der Waals surface area contributed by atoms with Crippen LogP contribution in [0.5, 0.6) is 5.75 Å². The lowest BCUT2D eigenvalue weighted by atomic mass is 10.0. The number of aromatic nitrogens is 1. The van der Waals surface area contributed by atoms with Crippen LogP contribution in [0.25, 0.3) is 0 Å². The van der Waals surface area contributed by atoms with Crippen molar-refractivity contribution in [3.8, 4) is 5.75 Å². The number of nitrogens with one attached hydrogen (secondary N) is 1. The van der Waals surface area contributed by atoms with Crippen LogP contribution in [0.3, 0.4) is 0 Å². The molecule has 3 fully saturated rings. The van der Waals surface area contributed by atoms with Crippen molar-refractivity contribution in [2.45, 2.75) is 29.4 Å². The second-order valence-electron chi connectivity index (χ2n) is 5.97. The number of ether oxygens (including phenoxy) is 2. The van der Waals surface area contributed by atoms with E-state index >= 15 is 0 Å². The summed E-state index contributed by atoms with van der Waals surface area (Å²) < 4.78 is 11.0. The van der Waals surface area contributed by atoms with Gasteiger partial charge >= 0.3 is 0 Å². The summed E-state index contributed by atoms with van der Waals surface area (Å²) in [5, 5.41) is 4.03. The third-order valence-corrected chi connectivity index (χ3v) is 6.37. The molecule has 3 saturated heterocycles. The highest BCUT2D eigenvalue weighted by molar-refractivity contribution is 8.00. The van der Waals surface area contributed by atoms with E-state index in [1.54, 1.807) is 13.3 Å². The molecule has 0 bridgehead atoms. The number of piperidine rings is 1. The lowest BCUT2D eigenvalue weighted by Crippen LogP contribution is -2.54. The molecule has 0 saturated carbocycles. The maximum absolute atomic E-state index is 5.71. The second-order valence-corrected chi connectivity index (χ2v) is 7.17. The first kappa shape index (κ1) is 14.6.